The molecular weight excluding hydrogens is 180 g/mol. The number of carbonyl (C=O) groups is 1. The van der Waals surface area contributed by atoms with E-state index < -0.39 is 11.6 Å². The van der Waals surface area contributed by atoms with E-state index in [2.05, 4.69) is 12.2 Å². The minimum Gasteiger partial charge on any atom is -0.479 e. The van der Waals surface area contributed by atoms with E-state index in [1.54, 1.807) is 0 Å². The molecule has 0 aliphatic heterocycles. The average molecular weight is 194 g/mol. The van der Waals surface area contributed by atoms with Crippen molar-refractivity contribution in [1.82, 2.24) is 0 Å². The van der Waals surface area contributed by atoms with Gasteiger partial charge in [0.2, 0.25) is 0 Å². The predicted molar refractivity (Wildman–Crippen MR) is 49.5 cm³/mol. The highest BCUT2D eigenvalue weighted by Gasteiger charge is 2.61. The van der Waals surface area contributed by atoms with Gasteiger partial charge in [0.05, 0.1) is 0 Å². The van der Waals surface area contributed by atoms with Crippen LogP contribution in [0.15, 0.2) is 12.2 Å². The zero-order chi connectivity index (χ0) is 9.92. The fourth-order valence-corrected chi connectivity index (χ4v) is 3.83. The van der Waals surface area contributed by atoms with Gasteiger partial charge in [-0.2, -0.15) is 0 Å². The van der Waals surface area contributed by atoms with Gasteiger partial charge >= 0.3 is 5.97 Å². The van der Waals surface area contributed by atoms with E-state index in [0.717, 1.165) is 12.8 Å². The van der Waals surface area contributed by atoms with E-state index in [9.17, 15) is 9.90 Å². The standard InChI is InChI=1S/C11H14O3/c12-10(13)11(14)4-3-8-6-1-2-7(5-6)9(8)11/h1-2,6-9,14H,3-5H2,(H,12,13). The number of hydrogen-bond acceptors (Lipinski definition) is 2. The number of carboxylic acids is 1. The van der Waals surface area contributed by atoms with Crippen LogP contribution in [0.4, 0.5) is 0 Å². The van der Waals surface area contributed by atoms with Gasteiger partial charge in [-0.25, -0.2) is 4.79 Å². The topological polar surface area (TPSA) is 57.5 Å². The van der Waals surface area contributed by atoms with Gasteiger partial charge in [0.1, 0.15) is 0 Å². The normalized spacial score (nSPS) is 53.8. The largest absolute Gasteiger partial charge is 0.479 e. The molecule has 2 bridgehead atoms. The third-order valence-corrected chi connectivity index (χ3v) is 4.40. The SMILES string of the molecule is O=C(O)C1(O)CCC2C3C=CC(C3)C21. The molecule has 2 fully saturated rings. The molecule has 3 aliphatic rings. The summed E-state index contributed by atoms with van der Waals surface area (Å²) in [4.78, 5) is 11.1. The second-order valence-electron chi connectivity index (χ2n) is 4.91. The Morgan fingerprint density at radius 3 is 2.79 bits per heavy atom. The zero-order valence-electron chi connectivity index (χ0n) is 7.89. The smallest absolute Gasteiger partial charge is 0.336 e. The Morgan fingerprint density at radius 1 is 1.36 bits per heavy atom. The highest BCUT2D eigenvalue weighted by atomic mass is 16.4. The Bertz CT molecular complexity index is 322. The lowest BCUT2D eigenvalue weighted by Gasteiger charge is -2.30. The second kappa shape index (κ2) is 2.40. The lowest BCUT2D eigenvalue weighted by Crippen LogP contribution is -2.45. The van der Waals surface area contributed by atoms with Gasteiger partial charge in [0, 0.05) is 5.92 Å². The Labute approximate surface area is 82.4 Å². The first-order valence-electron chi connectivity index (χ1n) is 5.27. The Balaban J connectivity index is 2.00. The summed E-state index contributed by atoms with van der Waals surface area (Å²) in [6.07, 6.45) is 6.68. The van der Waals surface area contributed by atoms with E-state index in [-0.39, 0.29) is 5.92 Å². The molecule has 3 rings (SSSR count). The fourth-order valence-electron chi connectivity index (χ4n) is 3.83. The molecule has 0 saturated heterocycles. The quantitative estimate of drug-likeness (QED) is 0.613. The summed E-state index contributed by atoms with van der Waals surface area (Å²) in [5.74, 6) is 0.235. The van der Waals surface area contributed by atoms with Crippen LogP contribution in [-0.4, -0.2) is 21.8 Å². The molecule has 2 N–H and O–H groups in total. The van der Waals surface area contributed by atoms with Gasteiger partial charge in [-0.3, -0.25) is 0 Å². The van der Waals surface area contributed by atoms with Crippen molar-refractivity contribution in [3.05, 3.63) is 12.2 Å². The predicted octanol–water partition coefficient (Wildman–Crippen LogP) is 1.03. The zero-order valence-corrected chi connectivity index (χ0v) is 7.89. The summed E-state index contributed by atoms with van der Waals surface area (Å²) in [6, 6.07) is 0. The first-order chi connectivity index (χ1) is 6.63. The molecular formula is C11H14O3. The van der Waals surface area contributed by atoms with Crippen molar-refractivity contribution in [2.24, 2.45) is 23.7 Å². The molecule has 5 unspecified atom stereocenters. The first-order valence-corrected chi connectivity index (χ1v) is 5.27. The van der Waals surface area contributed by atoms with Gasteiger partial charge in [-0.1, -0.05) is 12.2 Å². The number of aliphatic carboxylic acids is 1. The van der Waals surface area contributed by atoms with Gasteiger partial charge in [-0.05, 0) is 37.0 Å². The van der Waals surface area contributed by atoms with Crippen LogP contribution in [0.1, 0.15) is 19.3 Å². The molecule has 3 aliphatic carbocycles. The van der Waals surface area contributed by atoms with E-state index in [1.165, 1.54) is 0 Å². The minimum absolute atomic E-state index is 0.0185. The van der Waals surface area contributed by atoms with Crippen LogP contribution in [0, 0.1) is 23.7 Å². The number of aliphatic hydroxyl groups is 1. The van der Waals surface area contributed by atoms with E-state index in [0.29, 0.717) is 24.2 Å². The molecule has 0 aromatic heterocycles. The monoisotopic (exact) mass is 194 g/mol. The van der Waals surface area contributed by atoms with E-state index in [1.807, 2.05) is 0 Å². The molecule has 76 valence electrons. The molecule has 14 heavy (non-hydrogen) atoms. The van der Waals surface area contributed by atoms with Crippen molar-refractivity contribution in [1.29, 1.82) is 0 Å². The third kappa shape index (κ3) is 0.793. The Morgan fingerprint density at radius 2 is 2.07 bits per heavy atom. The summed E-state index contributed by atoms with van der Waals surface area (Å²) in [7, 11) is 0. The first kappa shape index (κ1) is 8.48. The van der Waals surface area contributed by atoms with Crippen molar-refractivity contribution in [2.75, 3.05) is 0 Å². The number of rotatable bonds is 1. The lowest BCUT2D eigenvalue weighted by molar-refractivity contribution is -0.164. The van der Waals surface area contributed by atoms with E-state index in [4.69, 9.17) is 5.11 Å². The molecule has 3 nitrogen and oxygen atoms in total. The summed E-state index contributed by atoms with van der Waals surface area (Å²) >= 11 is 0. The number of hydrogen-bond donors (Lipinski definition) is 2. The number of carboxylic acid groups (broad SMARTS) is 1. The van der Waals surface area contributed by atoms with E-state index >= 15 is 0 Å². The van der Waals surface area contributed by atoms with Crippen LogP contribution < -0.4 is 0 Å². The summed E-state index contributed by atoms with van der Waals surface area (Å²) < 4.78 is 0. The van der Waals surface area contributed by atoms with Crippen molar-refractivity contribution in [3.8, 4) is 0 Å². The summed E-state index contributed by atoms with van der Waals surface area (Å²) in [5.41, 5.74) is -1.44. The molecule has 0 spiro atoms. The number of fused-ring (bicyclic) bond motifs is 5. The van der Waals surface area contributed by atoms with Gasteiger partial charge in [0.15, 0.2) is 5.60 Å². The average Bonchev–Trinajstić information content (AvgIpc) is 2.76. The molecule has 3 heteroatoms. The molecule has 5 atom stereocenters. The van der Waals surface area contributed by atoms with Crippen molar-refractivity contribution < 1.29 is 15.0 Å². The maximum atomic E-state index is 11.1. The third-order valence-electron chi connectivity index (χ3n) is 4.40. The van der Waals surface area contributed by atoms with Gasteiger partial charge < -0.3 is 10.2 Å². The molecule has 2 saturated carbocycles. The van der Waals surface area contributed by atoms with Crippen LogP contribution in [0.5, 0.6) is 0 Å². The second-order valence-corrected chi connectivity index (χ2v) is 4.91. The van der Waals surface area contributed by atoms with Crippen LogP contribution in [0.2, 0.25) is 0 Å². The van der Waals surface area contributed by atoms with Crippen LogP contribution in [-0.2, 0) is 4.79 Å². The molecule has 0 heterocycles. The van der Waals surface area contributed by atoms with Crippen molar-refractivity contribution in [3.63, 3.8) is 0 Å². The Hall–Kier alpha value is -0.830. The van der Waals surface area contributed by atoms with Gasteiger partial charge in [0.25, 0.3) is 0 Å². The van der Waals surface area contributed by atoms with Crippen LogP contribution in [0.3, 0.4) is 0 Å². The lowest BCUT2D eigenvalue weighted by atomic mass is 9.78. The summed E-state index contributed by atoms with van der Waals surface area (Å²) in [5, 5.41) is 19.2. The highest BCUT2D eigenvalue weighted by molar-refractivity contribution is 5.78. The maximum Gasteiger partial charge on any atom is 0.336 e. The highest BCUT2D eigenvalue weighted by Crippen LogP contribution is 2.59. The maximum absolute atomic E-state index is 11.1. The fraction of sp³-hybridized carbons (Fsp3) is 0.727. The van der Waals surface area contributed by atoms with Gasteiger partial charge in [-0.15, -0.1) is 0 Å². The minimum atomic E-state index is -1.44. The molecule has 0 aromatic rings. The van der Waals surface area contributed by atoms with Crippen LogP contribution in [0.25, 0.3) is 0 Å². The molecule has 0 amide bonds. The number of allylic oxidation sites excluding steroid dienone is 2. The Kier molecular flexibility index (Phi) is 1.45. The van der Waals surface area contributed by atoms with Crippen molar-refractivity contribution >= 4 is 5.97 Å². The molecule has 0 radical (unpaired) electrons. The molecule has 0 aromatic carbocycles. The van der Waals surface area contributed by atoms with Crippen LogP contribution >= 0.6 is 0 Å². The summed E-state index contributed by atoms with van der Waals surface area (Å²) in [6.45, 7) is 0. The van der Waals surface area contributed by atoms with Crippen molar-refractivity contribution in [2.45, 2.75) is 24.9 Å².